The first-order valence-corrected chi connectivity index (χ1v) is 15.4. The second kappa shape index (κ2) is 13.1. The zero-order valence-corrected chi connectivity index (χ0v) is 26.9. The fourth-order valence-electron chi connectivity index (χ4n) is 5.53. The predicted molar refractivity (Wildman–Crippen MR) is 180 cm³/mol. The maximum atomic E-state index is 15.3. The summed E-state index contributed by atoms with van der Waals surface area (Å²) in [6.07, 6.45) is 6.96. The number of likely N-dealkylation sites (N-methyl/N-ethyl adjacent to an activating group) is 1. The van der Waals surface area contributed by atoms with Crippen molar-refractivity contribution in [1.82, 2.24) is 29.4 Å². The molecule has 1 fully saturated rings. The third kappa shape index (κ3) is 7.02. The average molecular weight is 630 g/mol. The van der Waals surface area contributed by atoms with Crippen LogP contribution in [0.4, 0.5) is 21.5 Å². The van der Waals surface area contributed by atoms with Crippen molar-refractivity contribution in [2.24, 2.45) is 0 Å². The van der Waals surface area contributed by atoms with E-state index in [9.17, 15) is 10.1 Å². The molecular weight excluding hydrogens is 593 g/mol. The summed E-state index contributed by atoms with van der Waals surface area (Å²) in [5.74, 6) is 5.03. The van der Waals surface area contributed by atoms with Gasteiger partial charge in [-0.1, -0.05) is 12.0 Å². The minimum absolute atomic E-state index is 0.116. The van der Waals surface area contributed by atoms with E-state index < -0.39 is 17.1 Å². The van der Waals surface area contributed by atoms with Gasteiger partial charge in [0.2, 0.25) is 0 Å². The molecule has 2 aromatic carbocycles. The van der Waals surface area contributed by atoms with Crippen molar-refractivity contribution >= 4 is 28.6 Å². The largest absolute Gasteiger partial charge is 0.350 e. The van der Waals surface area contributed by atoms with Gasteiger partial charge in [-0.25, -0.2) is 9.37 Å². The van der Waals surface area contributed by atoms with Crippen LogP contribution in [-0.2, 0) is 12.0 Å². The first-order valence-electron chi connectivity index (χ1n) is 15.4. The fraction of sp³-hybridized carbons (Fsp3) is 0.278. The monoisotopic (exact) mass is 629 g/mol. The molecule has 0 atom stereocenters. The molecule has 0 radical (unpaired) electrons. The topological polar surface area (TPSA) is 117 Å². The van der Waals surface area contributed by atoms with E-state index in [0.29, 0.717) is 34.7 Å². The van der Waals surface area contributed by atoms with Crippen LogP contribution < -0.4 is 10.6 Å². The number of imidazole rings is 1. The maximum absolute atomic E-state index is 15.3. The van der Waals surface area contributed by atoms with Crippen LogP contribution >= 0.6 is 0 Å². The third-order valence-corrected chi connectivity index (χ3v) is 8.45. The summed E-state index contributed by atoms with van der Waals surface area (Å²) >= 11 is 0. The van der Waals surface area contributed by atoms with Gasteiger partial charge in [-0.3, -0.25) is 19.2 Å². The number of benzene rings is 2. The number of hydrogen-bond donors (Lipinski definition) is 3. The minimum Gasteiger partial charge on any atom is -0.350 e. The molecular formula is C36H36FN9O. The number of nitriles is 1. The summed E-state index contributed by atoms with van der Waals surface area (Å²) in [6, 6.07) is 14.7. The second-order valence-corrected chi connectivity index (χ2v) is 12.5. The molecule has 11 heteroatoms. The molecule has 1 saturated heterocycles. The lowest BCUT2D eigenvalue weighted by Gasteiger charge is -2.32. The Morgan fingerprint density at radius 1 is 1.09 bits per heavy atom. The van der Waals surface area contributed by atoms with Gasteiger partial charge in [0.25, 0.3) is 5.91 Å². The van der Waals surface area contributed by atoms with Gasteiger partial charge in [-0.2, -0.15) is 10.4 Å². The number of hydrogen-bond acceptors (Lipinski definition) is 7. The van der Waals surface area contributed by atoms with Crippen LogP contribution in [0.2, 0.25) is 0 Å². The standard InChI is InChI=1S/C36H36FN9O/c1-24-14-32(37)31(17-26(24)7-8-30-21-39-34-33(6-5-9-46(30)34)42-29-19-40-41-20-29)35(47)43-28-16-25(15-27(18-28)36(2,3)23-38)22-45-12-10-44(4)11-13-45/h5-6,9,14-21,42H,10-13,22H2,1-4H3,(H,40,41)(H,43,47). The summed E-state index contributed by atoms with van der Waals surface area (Å²) in [5.41, 5.74) is 5.42. The minimum atomic E-state index is -0.774. The number of aryl methyl sites for hydroxylation is 1. The van der Waals surface area contributed by atoms with Crippen molar-refractivity contribution in [3.8, 4) is 17.9 Å². The van der Waals surface area contributed by atoms with E-state index in [0.717, 1.165) is 48.7 Å². The van der Waals surface area contributed by atoms with Crippen molar-refractivity contribution in [1.29, 1.82) is 5.26 Å². The molecule has 3 aromatic heterocycles. The van der Waals surface area contributed by atoms with E-state index in [1.165, 1.54) is 12.1 Å². The number of H-pyrrole nitrogens is 1. The van der Waals surface area contributed by atoms with Gasteiger partial charge in [0.15, 0.2) is 5.65 Å². The number of amides is 1. The number of carbonyl (C=O) groups is 1. The number of aromatic amines is 1. The van der Waals surface area contributed by atoms with Crippen molar-refractivity contribution in [3.63, 3.8) is 0 Å². The fourth-order valence-corrected chi connectivity index (χ4v) is 5.53. The molecule has 4 heterocycles. The molecule has 0 unspecified atom stereocenters. The van der Waals surface area contributed by atoms with Gasteiger partial charge < -0.3 is 15.5 Å². The molecule has 5 aromatic rings. The molecule has 0 aliphatic carbocycles. The normalized spacial score (nSPS) is 14.0. The Bertz CT molecular complexity index is 2040. The first kappa shape index (κ1) is 31.5. The number of nitrogens with one attached hydrogen (secondary N) is 3. The molecule has 238 valence electrons. The zero-order chi connectivity index (χ0) is 33.1. The van der Waals surface area contributed by atoms with Gasteiger partial charge in [-0.15, -0.1) is 0 Å². The number of anilines is 3. The molecule has 0 spiro atoms. The van der Waals surface area contributed by atoms with Crippen molar-refractivity contribution in [2.45, 2.75) is 32.7 Å². The van der Waals surface area contributed by atoms with Crippen LogP contribution in [-0.4, -0.2) is 68.5 Å². The lowest BCUT2D eigenvalue weighted by atomic mass is 9.85. The van der Waals surface area contributed by atoms with Gasteiger partial charge in [0.05, 0.1) is 40.8 Å². The van der Waals surface area contributed by atoms with E-state index in [-0.39, 0.29) is 5.56 Å². The van der Waals surface area contributed by atoms with Crippen LogP contribution in [0.5, 0.6) is 0 Å². The summed E-state index contributed by atoms with van der Waals surface area (Å²) in [4.78, 5) is 22.7. The second-order valence-electron chi connectivity index (χ2n) is 12.5. The first-order chi connectivity index (χ1) is 22.6. The van der Waals surface area contributed by atoms with Crippen LogP contribution in [0.15, 0.2) is 67.3 Å². The highest BCUT2D eigenvalue weighted by Crippen LogP contribution is 2.28. The number of aromatic nitrogens is 4. The quantitative estimate of drug-likeness (QED) is 0.205. The Balaban J connectivity index is 1.26. The number of fused-ring (bicyclic) bond motifs is 1. The highest BCUT2D eigenvalue weighted by Gasteiger charge is 2.23. The molecule has 1 aliphatic rings. The van der Waals surface area contributed by atoms with Gasteiger partial charge in [0.1, 0.15) is 11.5 Å². The Labute approximate surface area is 273 Å². The van der Waals surface area contributed by atoms with Crippen LogP contribution in [0.3, 0.4) is 0 Å². The van der Waals surface area contributed by atoms with Gasteiger partial charge >= 0.3 is 0 Å². The van der Waals surface area contributed by atoms with E-state index in [1.807, 2.05) is 48.7 Å². The van der Waals surface area contributed by atoms with Crippen LogP contribution in [0, 0.1) is 35.9 Å². The van der Waals surface area contributed by atoms with E-state index in [1.54, 1.807) is 31.6 Å². The SMILES string of the molecule is Cc1cc(F)c(C(=O)Nc2cc(CN3CCN(C)CC3)cc(C(C)(C)C#N)c2)cc1C#Cc1cnc2c(Nc3cn[nH]c3)cccn12. The summed E-state index contributed by atoms with van der Waals surface area (Å²) < 4.78 is 17.1. The van der Waals surface area contributed by atoms with E-state index in [2.05, 4.69) is 60.6 Å². The maximum Gasteiger partial charge on any atom is 0.258 e. The smallest absolute Gasteiger partial charge is 0.258 e. The van der Waals surface area contributed by atoms with Gasteiger partial charge in [0, 0.05) is 56.4 Å². The number of pyridine rings is 1. The lowest BCUT2D eigenvalue weighted by Crippen LogP contribution is -2.43. The molecule has 6 rings (SSSR count). The molecule has 1 aliphatic heterocycles. The Kier molecular flexibility index (Phi) is 8.77. The third-order valence-electron chi connectivity index (χ3n) is 8.45. The van der Waals surface area contributed by atoms with E-state index >= 15 is 4.39 Å². The molecule has 3 N–H and O–H groups in total. The summed E-state index contributed by atoms with van der Waals surface area (Å²) in [6.45, 7) is 9.96. The number of nitrogens with zero attached hydrogens (tertiary/aromatic N) is 6. The summed E-state index contributed by atoms with van der Waals surface area (Å²) in [7, 11) is 2.11. The zero-order valence-electron chi connectivity index (χ0n) is 26.9. The number of piperazine rings is 1. The number of halogens is 1. The van der Waals surface area contributed by atoms with Crippen molar-refractivity contribution in [2.75, 3.05) is 43.9 Å². The Morgan fingerprint density at radius 2 is 1.89 bits per heavy atom. The predicted octanol–water partition coefficient (Wildman–Crippen LogP) is 5.45. The van der Waals surface area contributed by atoms with Crippen LogP contribution in [0.1, 0.15) is 52.2 Å². The van der Waals surface area contributed by atoms with Crippen LogP contribution in [0.25, 0.3) is 5.65 Å². The molecule has 47 heavy (non-hydrogen) atoms. The molecule has 0 saturated carbocycles. The molecule has 1 amide bonds. The van der Waals surface area contributed by atoms with Crippen molar-refractivity contribution in [3.05, 3.63) is 107 Å². The number of carbonyl (C=O) groups excluding carboxylic acids is 1. The Hall–Kier alpha value is -5.49. The van der Waals surface area contributed by atoms with Crippen molar-refractivity contribution < 1.29 is 9.18 Å². The lowest BCUT2D eigenvalue weighted by molar-refractivity contribution is 0.102. The average Bonchev–Trinajstić information content (AvgIpc) is 3.72. The molecule has 0 bridgehead atoms. The van der Waals surface area contributed by atoms with Gasteiger partial charge in [-0.05, 0) is 86.8 Å². The number of rotatable bonds is 7. The Morgan fingerprint density at radius 3 is 2.64 bits per heavy atom. The highest BCUT2D eigenvalue weighted by molar-refractivity contribution is 6.05. The highest BCUT2D eigenvalue weighted by atomic mass is 19.1. The van der Waals surface area contributed by atoms with E-state index in [4.69, 9.17) is 0 Å². The summed E-state index contributed by atoms with van der Waals surface area (Å²) in [5, 5.41) is 22.8. The molecule has 10 nitrogen and oxygen atoms in total.